The molecule has 2 aromatic rings. The zero-order valence-electron chi connectivity index (χ0n) is 14.0. The molecule has 0 spiro atoms. The van der Waals surface area contributed by atoms with Crippen LogP contribution in [0.3, 0.4) is 0 Å². The van der Waals surface area contributed by atoms with E-state index in [1.54, 1.807) is 6.33 Å². The van der Waals surface area contributed by atoms with Crippen LogP contribution in [0, 0.1) is 5.92 Å². The number of benzene rings is 1. The van der Waals surface area contributed by atoms with Gasteiger partial charge >= 0.3 is 0 Å². The number of rotatable bonds is 6. The van der Waals surface area contributed by atoms with Gasteiger partial charge in [0.05, 0.1) is 11.8 Å². The highest BCUT2D eigenvalue weighted by molar-refractivity contribution is 5.39. The summed E-state index contributed by atoms with van der Waals surface area (Å²) in [6, 6.07) is 12.3. The van der Waals surface area contributed by atoms with Gasteiger partial charge in [0, 0.05) is 25.7 Å². The van der Waals surface area contributed by atoms with Crippen LogP contribution in [0.4, 0.5) is 5.82 Å². The zero-order chi connectivity index (χ0) is 16.8. The molecule has 0 bridgehead atoms. The van der Waals surface area contributed by atoms with Gasteiger partial charge in [0.1, 0.15) is 12.1 Å². The van der Waals surface area contributed by atoms with Crippen LogP contribution in [0.2, 0.25) is 0 Å². The lowest BCUT2D eigenvalue weighted by atomic mass is 9.88. The molecule has 5 nitrogen and oxygen atoms in total. The summed E-state index contributed by atoms with van der Waals surface area (Å²) < 4.78 is 0. The predicted octanol–water partition coefficient (Wildman–Crippen LogP) is 2.15. The monoisotopic (exact) mass is 326 g/mol. The van der Waals surface area contributed by atoms with E-state index in [0.717, 1.165) is 50.3 Å². The second-order valence-corrected chi connectivity index (χ2v) is 6.49. The van der Waals surface area contributed by atoms with Gasteiger partial charge in [-0.1, -0.05) is 30.3 Å². The summed E-state index contributed by atoms with van der Waals surface area (Å²) in [5.74, 6) is 1.32. The number of nitrogens with zero attached hydrogens (tertiary/aromatic N) is 3. The Labute approximate surface area is 143 Å². The highest BCUT2D eigenvalue weighted by atomic mass is 16.3. The van der Waals surface area contributed by atoms with Gasteiger partial charge in [-0.05, 0) is 37.2 Å². The number of aromatic nitrogens is 2. The van der Waals surface area contributed by atoms with E-state index in [1.807, 2.05) is 12.1 Å². The fraction of sp³-hybridized carbons (Fsp3) is 0.474. The van der Waals surface area contributed by atoms with E-state index < -0.39 is 0 Å². The number of piperidine rings is 1. The van der Waals surface area contributed by atoms with Crippen LogP contribution in [-0.4, -0.2) is 34.3 Å². The van der Waals surface area contributed by atoms with Crippen LogP contribution in [0.5, 0.6) is 0 Å². The fourth-order valence-electron chi connectivity index (χ4n) is 3.38. The maximum atomic E-state index is 10.5. The van der Waals surface area contributed by atoms with E-state index in [-0.39, 0.29) is 6.10 Å². The van der Waals surface area contributed by atoms with Crippen LogP contribution >= 0.6 is 0 Å². The highest BCUT2D eigenvalue weighted by Gasteiger charge is 2.25. The molecule has 1 atom stereocenters. The lowest BCUT2D eigenvalue weighted by molar-refractivity contribution is 0.0849. The lowest BCUT2D eigenvalue weighted by Crippen LogP contribution is -2.38. The van der Waals surface area contributed by atoms with Gasteiger partial charge in [0.25, 0.3) is 0 Å². The minimum Gasteiger partial charge on any atom is -0.393 e. The van der Waals surface area contributed by atoms with Crippen molar-refractivity contribution in [2.75, 3.05) is 18.0 Å². The first kappa shape index (κ1) is 16.9. The predicted molar refractivity (Wildman–Crippen MR) is 95.6 cm³/mol. The van der Waals surface area contributed by atoms with Crippen molar-refractivity contribution in [3.8, 4) is 0 Å². The normalized spacial score (nSPS) is 17.0. The fourth-order valence-corrected chi connectivity index (χ4v) is 3.38. The summed E-state index contributed by atoms with van der Waals surface area (Å²) >= 11 is 0. The quantitative estimate of drug-likeness (QED) is 0.851. The van der Waals surface area contributed by atoms with Gasteiger partial charge in [0.2, 0.25) is 0 Å². The minimum absolute atomic E-state index is 0.225. The smallest absolute Gasteiger partial charge is 0.132 e. The van der Waals surface area contributed by atoms with Gasteiger partial charge in [-0.3, -0.25) is 0 Å². The maximum Gasteiger partial charge on any atom is 0.132 e. The Balaban J connectivity index is 1.49. The van der Waals surface area contributed by atoms with E-state index in [2.05, 4.69) is 39.1 Å². The number of anilines is 1. The topological polar surface area (TPSA) is 75.3 Å². The molecule has 1 aliphatic heterocycles. The van der Waals surface area contributed by atoms with E-state index >= 15 is 0 Å². The van der Waals surface area contributed by atoms with Crippen molar-refractivity contribution < 1.29 is 5.11 Å². The molecule has 24 heavy (non-hydrogen) atoms. The van der Waals surface area contributed by atoms with Crippen LogP contribution in [0.15, 0.2) is 42.7 Å². The van der Waals surface area contributed by atoms with Crippen LogP contribution in [0.25, 0.3) is 0 Å². The van der Waals surface area contributed by atoms with Gasteiger partial charge in [-0.2, -0.15) is 0 Å². The third-order valence-corrected chi connectivity index (χ3v) is 4.90. The Kier molecular flexibility index (Phi) is 5.77. The summed E-state index contributed by atoms with van der Waals surface area (Å²) in [4.78, 5) is 10.8. The van der Waals surface area contributed by atoms with E-state index in [0.29, 0.717) is 12.5 Å². The third kappa shape index (κ3) is 4.30. The van der Waals surface area contributed by atoms with Crippen molar-refractivity contribution in [2.24, 2.45) is 11.7 Å². The van der Waals surface area contributed by atoms with Crippen LogP contribution in [0.1, 0.15) is 30.5 Å². The average molecular weight is 326 g/mol. The largest absolute Gasteiger partial charge is 0.393 e. The van der Waals surface area contributed by atoms with E-state index in [4.69, 9.17) is 5.73 Å². The van der Waals surface area contributed by atoms with Crippen molar-refractivity contribution in [3.63, 3.8) is 0 Å². The molecular formula is C19H26N4O. The number of nitrogens with two attached hydrogens (primary N) is 1. The summed E-state index contributed by atoms with van der Waals surface area (Å²) in [5, 5.41) is 10.5. The van der Waals surface area contributed by atoms with E-state index in [1.165, 1.54) is 5.56 Å². The van der Waals surface area contributed by atoms with Crippen molar-refractivity contribution in [1.29, 1.82) is 0 Å². The molecule has 5 heteroatoms. The summed E-state index contributed by atoms with van der Waals surface area (Å²) in [6.07, 6.45) is 5.12. The zero-order valence-corrected chi connectivity index (χ0v) is 14.0. The van der Waals surface area contributed by atoms with Crippen molar-refractivity contribution in [3.05, 3.63) is 54.0 Å². The Morgan fingerprint density at radius 1 is 1.17 bits per heavy atom. The minimum atomic E-state index is -0.225. The molecule has 3 N–H and O–H groups in total. The average Bonchev–Trinajstić information content (AvgIpc) is 2.67. The summed E-state index contributed by atoms with van der Waals surface area (Å²) in [7, 11) is 0. The SMILES string of the molecule is NCc1cc(N2CCC([C@H](O)CCc3ccccc3)CC2)ncn1. The van der Waals surface area contributed by atoms with Crippen molar-refractivity contribution >= 4 is 5.82 Å². The number of aliphatic hydroxyl groups is 1. The Hall–Kier alpha value is -1.98. The molecule has 0 radical (unpaired) electrons. The van der Waals surface area contributed by atoms with Crippen molar-refractivity contribution in [1.82, 2.24) is 9.97 Å². The molecule has 1 fully saturated rings. The molecule has 0 amide bonds. The van der Waals surface area contributed by atoms with Crippen LogP contribution < -0.4 is 10.6 Å². The number of aliphatic hydroxyl groups excluding tert-OH is 1. The van der Waals surface area contributed by atoms with E-state index in [9.17, 15) is 5.11 Å². The number of hydrogen-bond donors (Lipinski definition) is 2. The second-order valence-electron chi connectivity index (χ2n) is 6.49. The summed E-state index contributed by atoms with van der Waals surface area (Å²) in [5.41, 5.74) is 7.81. The molecule has 0 aliphatic carbocycles. The number of hydrogen-bond acceptors (Lipinski definition) is 5. The first-order chi connectivity index (χ1) is 11.8. The van der Waals surface area contributed by atoms with Crippen molar-refractivity contribution in [2.45, 2.75) is 38.3 Å². The Morgan fingerprint density at radius 3 is 2.62 bits per heavy atom. The molecule has 0 unspecified atom stereocenters. The third-order valence-electron chi connectivity index (χ3n) is 4.90. The van der Waals surface area contributed by atoms with Gasteiger partial charge < -0.3 is 15.7 Å². The molecule has 1 aromatic heterocycles. The molecule has 1 aliphatic rings. The second kappa shape index (κ2) is 8.22. The molecule has 1 saturated heterocycles. The molecule has 0 saturated carbocycles. The standard InChI is InChI=1S/C19H26N4O/c20-13-17-12-19(22-14-21-17)23-10-8-16(9-11-23)18(24)7-6-15-4-2-1-3-5-15/h1-5,12,14,16,18,24H,6-11,13,20H2/t18-/m1/s1. The number of aryl methyl sites for hydroxylation is 1. The van der Waals surface area contributed by atoms with Crippen LogP contribution in [-0.2, 0) is 13.0 Å². The summed E-state index contributed by atoms with van der Waals surface area (Å²) in [6.45, 7) is 2.28. The molecular weight excluding hydrogens is 300 g/mol. The highest BCUT2D eigenvalue weighted by Crippen LogP contribution is 2.26. The first-order valence-electron chi connectivity index (χ1n) is 8.74. The van der Waals surface area contributed by atoms with Gasteiger partial charge in [-0.15, -0.1) is 0 Å². The van der Waals surface area contributed by atoms with Gasteiger partial charge in [0.15, 0.2) is 0 Å². The molecule has 2 heterocycles. The Bertz CT molecular complexity index is 626. The lowest BCUT2D eigenvalue weighted by Gasteiger charge is -2.35. The maximum absolute atomic E-state index is 10.5. The molecule has 128 valence electrons. The molecule has 1 aromatic carbocycles. The van der Waals surface area contributed by atoms with Gasteiger partial charge in [-0.25, -0.2) is 9.97 Å². The Morgan fingerprint density at radius 2 is 1.92 bits per heavy atom. The molecule has 3 rings (SSSR count). The first-order valence-corrected chi connectivity index (χ1v) is 8.74.